The number of esters is 2. The van der Waals surface area contributed by atoms with Gasteiger partial charge >= 0.3 is 11.9 Å². The highest BCUT2D eigenvalue weighted by Crippen LogP contribution is 2.31. The Hall–Kier alpha value is -2.14. The highest BCUT2D eigenvalue weighted by molar-refractivity contribution is 9.10. The van der Waals surface area contributed by atoms with Crippen molar-refractivity contribution in [3.05, 3.63) is 52.0 Å². The van der Waals surface area contributed by atoms with E-state index in [0.717, 1.165) is 15.2 Å². The summed E-state index contributed by atoms with van der Waals surface area (Å²) in [6.07, 6.45) is 1.48. The standard InChI is InChI=1S/C17H13BrO4/c1-17(2)21-15(19)13(16(20)22-17)9-11-8-7-10-5-3-4-6-12(10)14(11)18/h3-9H,1-2H3. The molecule has 0 saturated carbocycles. The summed E-state index contributed by atoms with van der Waals surface area (Å²) in [6.45, 7) is 3.04. The molecule has 0 unspecified atom stereocenters. The van der Waals surface area contributed by atoms with Crippen LogP contribution in [-0.2, 0) is 19.1 Å². The summed E-state index contributed by atoms with van der Waals surface area (Å²) in [7, 11) is 0. The quantitative estimate of drug-likeness (QED) is 0.440. The summed E-state index contributed by atoms with van der Waals surface area (Å²) >= 11 is 3.52. The van der Waals surface area contributed by atoms with E-state index in [4.69, 9.17) is 9.47 Å². The number of hydrogen-bond acceptors (Lipinski definition) is 4. The summed E-state index contributed by atoms with van der Waals surface area (Å²) < 4.78 is 11.0. The maximum atomic E-state index is 12.0. The second-order valence-electron chi connectivity index (χ2n) is 5.43. The van der Waals surface area contributed by atoms with Crippen molar-refractivity contribution >= 4 is 44.7 Å². The lowest BCUT2D eigenvalue weighted by Crippen LogP contribution is -2.41. The van der Waals surface area contributed by atoms with Gasteiger partial charge in [0.05, 0.1) is 0 Å². The molecule has 0 N–H and O–H groups in total. The van der Waals surface area contributed by atoms with E-state index in [9.17, 15) is 9.59 Å². The normalized spacial score (nSPS) is 17.1. The first-order valence-electron chi connectivity index (χ1n) is 6.73. The van der Waals surface area contributed by atoms with Gasteiger partial charge in [-0.3, -0.25) is 0 Å². The maximum absolute atomic E-state index is 12.0. The highest BCUT2D eigenvalue weighted by atomic mass is 79.9. The van der Waals surface area contributed by atoms with E-state index in [1.54, 1.807) is 0 Å². The minimum absolute atomic E-state index is 0.115. The van der Waals surface area contributed by atoms with Crippen molar-refractivity contribution in [2.75, 3.05) is 0 Å². The minimum atomic E-state index is -1.23. The lowest BCUT2D eigenvalue weighted by atomic mass is 10.0. The van der Waals surface area contributed by atoms with Gasteiger partial charge in [-0.15, -0.1) is 0 Å². The van der Waals surface area contributed by atoms with E-state index in [2.05, 4.69) is 15.9 Å². The molecule has 5 heteroatoms. The van der Waals surface area contributed by atoms with Gasteiger partial charge < -0.3 is 9.47 Å². The zero-order chi connectivity index (χ0) is 15.9. The van der Waals surface area contributed by atoms with Crippen molar-refractivity contribution in [2.24, 2.45) is 0 Å². The topological polar surface area (TPSA) is 52.6 Å². The van der Waals surface area contributed by atoms with Crippen molar-refractivity contribution in [3.63, 3.8) is 0 Å². The lowest BCUT2D eigenvalue weighted by molar-refractivity contribution is -0.222. The van der Waals surface area contributed by atoms with Gasteiger partial charge in [0.2, 0.25) is 0 Å². The van der Waals surface area contributed by atoms with Gasteiger partial charge in [0.15, 0.2) is 0 Å². The van der Waals surface area contributed by atoms with Crippen LogP contribution in [0.3, 0.4) is 0 Å². The lowest BCUT2D eigenvalue weighted by Gasteiger charge is -2.29. The van der Waals surface area contributed by atoms with Crippen molar-refractivity contribution in [1.29, 1.82) is 0 Å². The number of halogens is 1. The zero-order valence-electron chi connectivity index (χ0n) is 12.1. The van der Waals surface area contributed by atoms with Gasteiger partial charge in [-0.1, -0.05) is 36.4 Å². The van der Waals surface area contributed by atoms with Gasteiger partial charge in [0.25, 0.3) is 5.79 Å². The molecule has 0 atom stereocenters. The smallest absolute Gasteiger partial charge is 0.348 e. The van der Waals surface area contributed by atoms with Crippen molar-refractivity contribution in [2.45, 2.75) is 19.6 Å². The molecular formula is C17H13BrO4. The number of ether oxygens (including phenoxy) is 2. The highest BCUT2D eigenvalue weighted by Gasteiger charge is 2.38. The molecule has 0 spiro atoms. The van der Waals surface area contributed by atoms with Crippen molar-refractivity contribution in [3.8, 4) is 0 Å². The number of rotatable bonds is 1. The third kappa shape index (κ3) is 2.64. The van der Waals surface area contributed by atoms with Gasteiger partial charge in [0.1, 0.15) is 5.57 Å². The van der Waals surface area contributed by atoms with Crippen LogP contribution in [0, 0.1) is 0 Å². The number of fused-ring (bicyclic) bond motifs is 1. The average molecular weight is 361 g/mol. The molecule has 1 heterocycles. The Bertz CT molecular complexity index is 799. The van der Waals surface area contributed by atoms with Crippen molar-refractivity contribution < 1.29 is 19.1 Å². The summed E-state index contributed by atoms with van der Waals surface area (Å²) in [5.41, 5.74) is 0.595. The second-order valence-corrected chi connectivity index (χ2v) is 6.22. The first-order chi connectivity index (χ1) is 10.4. The molecule has 4 nitrogen and oxygen atoms in total. The average Bonchev–Trinajstić information content (AvgIpc) is 2.44. The molecule has 0 radical (unpaired) electrons. The molecule has 1 fully saturated rings. The Labute approximate surface area is 135 Å². The van der Waals surface area contributed by atoms with Crippen LogP contribution in [0.25, 0.3) is 16.8 Å². The van der Waals surface area contributed by atoms with Crippen LogP contribution in [0.5, 0.6) is 0 Å². The van der Waals surface area contributed by atoms with Crippen molar-refractivity contribution in [1.82, 2.24) is 0 Å². The predicted octanol–water partition coefficient (Wildman–Crippen LogP) is 3.82. The molecule has 3 rings (SSSR count). The van der Waals surface area contributed by atoms with Gasteiger partial charge in [-0.05, 0) is 38.3 Å². The monoisotopic (exact) mass is 360 g/mol. The number of carbonyl (C=O) groups excluding carboxylic acids is 2. The van der Waals surface area contributed by atoms with E-state index in [-0.39, 0.29) is 5.57 Å². The summed E-state index contributed by atoms with van der Waals surface area (Å²) in [6, 6.07) is 11.6. The largest absolute Gasteiger partial charge is 0.419 e. The van der Waals surface area contributed by atoms with E-state index in [1.807, 2.05) is 36.4 Å². The van der Waals surface area contributed by atoms with E-state index < -0.39 is 17.7 Å². The number of benzene rings is 2. The molecule has 1 saturated heterocycles. The summed E-state index contributed by atoms with van der Waals surface area (Å²) in [4.78, 5) is 24.0. The van der Waals surface area contributed by atoms with Crippen LogP contribution >= 0.6 is 15.9 Å². The molecule has 22 heavy (non-hydrogen) atoms. The third-order valence-corrected chi connectivity index (χ3v) is 4.19. The van der Waals surface area contributed by atoms with Gasteiger partial charge in [0, 0.05) is 18.3 Å². The molecule has 112 valence electrons. The van der Waals surface area contributed by atoms with E-state index >= 15 is 0 Å². The molecule has 2 aromatic carbocycles. The van der Waals surface area contributed by atoms with E-state index in [0.29, 0.717) is 5.56 Å². The molecule has 2 aromatic rings. The van der Waals surface area contributed by atoms with E-state index in [1.165, 1.54) is 19.9 Å². The van der Waals surface area contributed by atoms with Crippen LogP contribution in [-0.4, -0.2) is 17.7 Å². The second kappa shape index (κ2) is 5.25. The Morgan fingerprint density at radius 1 is 1.00 bits per heavy atom. The summed E-state index contributed by atoms with van der Waals surface area (Å²) in [5.74, 6) is -2.59. The van der Waals surface area contributed by atoms with Crippen LogP contribution in [0.4, 0.5) is 0 Å². The van der Waals surface area contributed by atoms with Crippen LogP contribution < -0.4 is 0 Å². The Kier molecular flexibility index (Phi) is 3.53. The maximum Gasteiger partial charge on any atom is 0.348 e. The SMILES string of the molecule is CC1(C)OC(=O)C(=Cc2ccc3ccccc3c2Br)C(=O)O1. The Morgan fingerprint density at radius 3 is 2.32 bits per heavy atom. The number of cyclic esters (lactones) is 2. The molecule has 0 aromatic heterocycles. The fraction of sp³-hybridized carbons (Fsp3) is 0.176. The third-order valence-electron chi connectivity index (χ3n) is 3.31. The Balaban J connectivity index is 2.07. The van der Waals surface area contributed by atoms with Gasteiger partial charge in [-0.25, -0.2) is 9.59 Å². The van der Waals surface area contributed by atoms with Crippen LogP contribution in [0.1, 0.15) is 19.4 Å². The first-order valence-corrected chi connectivity index (χ1v) is 7.52. The fourth-order valence-electron chi connectivity index (χ4n) is 2.30. The molecule has 0 amide bonds. The molecule has 0 aliphatic carbocycles. The molecule has 1 aliphatic rings. The number of carbonyl (C=O) groups is 2. The zero-order valence-corrected chi connectivity index (χ0v) is 13.6. The first kappa shape index (κ1) is 14.8. The fourth-order valence-corrected chi connectivity index (χ4v) is 2.90. The van der Waals surface area contributed by atoms with Crippen LogP contribution in [0.15, 0.2) is 46.4 Å². The summed E-state index contributed by atoms with van der Waals surface area (Å²) in [5, 5.41) is 2.06. The van der Waals surface area contributed by atoms with Crippen LogP contribution in [0.2, 0.25) is 0 Å². The predicted molar refractivity (Wildman–Crippen MR) is 85.9 cm³/mol. The minimum Gasteiger partial charge on any atom is -0.419 e. The number of hydrogen-bond donors (Lipinski definition) is 0. The van der Waals surface area contributed by atoms with Gasteiger partial charge in [-0.2, -0.15) is 0 Å². The molecule has 1 aliphatic heterocycles. The molecular weight excluding hydrogens is 348 g/mol. The molecule has 0 bridgehead atoms. The Morgan fingerprint density at radius 2 is 1.64 bits per heavy atom.